The molecular weight excluding hydrogens is 380 g/mol. The second kappa shape index (κ2) is 6.03. The molecule has 0 bridgehead atoms. The topological polar surface area (TPSA) is 41.1 Å². The van der Waals surface area contributed by atoms with Gasteiger partial charge in [0, 0.05) is 11.0 Å². The minimum atomic E-state index is 0.0196. The first kappa shape index (κ1) is 14.5. The molecule has 18 heavy (non-hydrogen) atoms. The number of carbonyl (C=O) groups is 1. The van der Waals surface area contributed by atoms with Crippen LogP contribution in [0.2, 0.25) is 0 Å². The molecule has 6 heteroatoms. The smallest absolute Gasteiger partial charge is 0.261 e. The van der Waals surface area contributed by atoms with E-state index in [0.29, 0.717) is 0 Å². The average molecular weight is 396 g/mol. The summed E-state index contributed by atoms with van der Waals surface area (Å²) >= 11 is 8.26. The summed E-state index contributed by atoms with van der Waals surface area (Å²) in [6, 6.07) is 1.86. The first-order valence-corrected chi connectivity index (χ1v) is 8.34. The Labute approximate surface area is 128 Å². The van der Waals surface area contributed by atoms with E-state index in [2.05, 4.69) is 49.4 Å². The molecule has 0 unspecified atom stereocenters. The summed E-state index contributed by atoms with van der Waals surface area (Å²) in [5.74, 6) is 0.0196. The number of hydrogen-bond donors (Lipinski definition) is 2. The highest BCUT2D eigenvalue weighted by molar-refractivity contribution is 9.13. The van der Waals surface area contributed by atoms with E-state index in [9.17, 15) is 4.79 Å². The Morgan fingerprint density at radius 1 is 1.50 bits per heavy atom. The first-order chi connectivity index (χ1) is 8.50. The van der Waals surface area contributed by atoms with Crippen LogP contribution in [0.25, 0.3) is 0 Å². The van der Waals surface area contributed by atoms with Crippen molar-refractivity contribution in [3.8, 4) is 0 Å². The normalized spacial score (nSPS) is 18.6. The van der Waals surface area contributed by atoms with Crippen molar-refractivity contribution in [2.24, 2.45) is 5.41 Å². The second-order valence-corrected chi connectivity index (χ2v) is 8.20. The Morgan fingerprint density at radius 2 is 2.17 bits per heavy atom. The predicted octanol–water partition coefficient (Wildman–Crippen LogP) is 3.39. The zero-order chi connectivity index (χ0) is 13.2. The fraction of sp³-hybridized carbons (Fsp3) is 0.583. The highest BCUT2D eigenvalue weighted by Crippen LogP contribution is 2.32. The van der Waals surface area contributed by atoms with Crippen molar-refractivity contribution >= 4 is 49.1 Å². The van der Waals surface area contributed by atoms with Gasteiger partial charge >= 0.3 is 0 Å². The van der Waals surface area contributed by atoms with Crippen LogP contribution in [0.3, 0.4) is 0 Å². The van der Waals surface area contributed by atoms with Crippen molar-refractivity contribution in [2.75, 3.05) is 19.6 Å². The van der Waals surface area contributed by atoms with Gasteiger partial charge in [0.1, 0.15) is 0 Å². The predicted molar refractivity (Wildman–Crippen MR) is 82.3 cm³/mol. The average Bonchev–Trinajstić information content (AvgIpc) is 2.68. The van der Waals surface area contributed by atoms with Crippen molar-refractivity contribution in [2.45, 2.75) is 19.8 Å². The van der Waals surface area contributed by atoms with Crippen LogP contribution < -0.4 is 10.6 Å². The lowest BCUT2D eigenvalue weighted by Gasteiger charge is -2.34. The summed E-state index contributed by atoms with van der Waals surface area (Å²) in [6.07, 6.45) is 2.23. The fourth-order valence-corrected chi connectivity index (χ4v) is 4.00. The summed E-state index contributed by atoms with van der Waals surface area (Å²) in [4.78, 5) is 12.8. The zero-order valence-corrected chi connectivity index (χ0v) is 14.2. The van der Waals surface area contributed by atoms with Crippen LogP contribution in [0.15, 0.2) is 14.3 Å². The Bertz CT molecular complexity index is 422. The number of carbonyl (C=O) groups excluding carboxylic acids is 1. The molecule has 0 saturated carbocycles. The number of nitrogens with one attached hydrogen (secondary N) is 2. The SMILES string of the molecule is CC1(CNC(=O)c2cc(Br)c(Br)s2)CCNCC1. The Balaban J connectivity index is 1.91. The maximum Gasteiger partial charge on any atom is 0.261 e. The molecule has 3 nitrogen and oxygen atoms in total. The molecule has 1 fully saturated rings. The molecule has 1 saturated heterocycles. The molecule has 2 heterocycles. The lowest BCUT2D eigenvalue weighted by molar-refractivity contribution is 0.0926. The number of piperidine rings is 1. The molecule has 1 amide bonds. The van der Waals surface area contributed by atoms with Crippen molar-refractivity contribution in [3.05, 3.63) is 19.2 Å². The van der Waals surface area contributed by atoms with Crippen LogP contribution in [0.4, 0.5) is 0 Å². The number of hydrogen-bond acceptors (Lipinski definition) is 3. The molecule has 1 aromatic rings. The number of halogens is 2. The molecule has 0 aliphatic carbocycles. The third-order valence-electron chi connectivity index (χ3n) is 3.36. The van der Waals surface area contributed by atoms with Gasteiger partial charge in [0.05, 0.1) is 8.66 Å². The molecule has 2 N–H and O–H groups in total. The van der Waals surface area contributed by atoms with Gasteiger partial charge in [-0.25, -0.2) is 0 Å². The van der Waals surface area contributed by atoms with Gasteiger partial charge in [0.15, 0.2) is 0 Å². The first-order valence-electron chi connectivity index (χ1n) is 5.94. The molecule has 2 rings (SSSR count). The van der Waals surface area contributed by atoms with E-state index in [-0.39, 0.29) is 11.3 Å². The molecule has 1 aliphatic heterocycles. The molecule has 1 aromatic heterocycles. The third kappa shape index (κ3) is 3.56. The Morgan fingerprint density at radius 3 is 2.72 bits per heavy atom. The minimum Gasteiger partial charge on any atom is -0.351 e. The van der Waals surface area contributed by atoms with Gasteiger partial charge in [-0.15, -0.1) is 11.3 Å². The lowest BCUT2D eigenvalue weighted by Crippen LogP contribution is -2.42. The van der Waals surface area contributed by atoms with Gasteiger partial charge in [-0.05, 0) is 69.3 Å². The molecule has 0 radical (unpaired) electrons. The maximum atomic E-state index is 12.0. The highest BCUT2D eigenvalue weighted by atomic mass is 79.9. The standard InChI is InChI=1S/C12H16Br2N2OS/c1-12(2-4-15-5-3-12)7-16-11(17)9-6-8(13)10(14)18-9/h6,15H,2-5,7H2,1H3,(H,16,17). The van der Waals surface area contributed by atoms with Gasteiger partial charge in [-0.2, -0.15) is 0 Å². The number of amides is 1. The molecular formula is C12H16Br2N2OS. The summed E-state index contributed by atoms with van der Waals surface area (Å²) in [5.41, 5.74) is 0.229. The number of rotatable bonds is 3. The monoisotopic (exact) mass is 394 g/mol. The van der Waals surface area contributed by atoms with Gasteiger partial charge in [0.2, 0.25) is 0 Å². The van der Waals surface area contributed by atoms with E-state index in [4.69, 9.17) is 0 Å². The van der Waals surface area contributed by atoms with Crippen LogP contribution in [-0.4, -0.2) is 25.5 Å². The van der Waals surface area contributed by atoms with Gasteiger partial charge in [-0.1, -0.05) is 6.92 Å². The quantitative estimate of drug-likeness (QED) is 0.823. The fourth-order valence-electron chi connectivity index (χ4n) is 2.05. The Hall–Kier alpha value is 0.0900. The number of thiophene rings is 1. The van der Waals surface area contributed by atoms with Crippen molar-refractivity contribution < 1.29 is 4.79 Å². The van der Waals surface area contributed by atoms with E-state index in [1.807, 2.05) is 6.07 Å². The van der Waals surface area contributed by atoms with E-state index in [1.54, 1.807) is 0 Å². The van der Waals surface area contributed by atoms with Gasteiger partial charge in [0.25, 0.3) is 5.91 Å². The zero-order valence-electron chi connectivity index (χ0n) is 10.2. The van der Waals surface area contributed by atoms with Crippen molar-refractivity contribution in [3.63, 3.8) is 0 Å². The van der Waals surface area contributed by atoms with Crippen LogP contribution in [-0.2, 0) is 0 Å². The van der Waals surface area contributed by atoms with E-state index >= 15 is 0 Å². The Kier molecular flexibility index (Phi) is 4.86. The summed E-state index contributed by atoms with van der Waals surface area (Å²) in [5, 5.41) is 6.40. The molecule has 0 atom stereocenters. The van der Waals surface area contributed by atoms with Crippen molar-refractivity contribution in [1.82, 2.24) is 10.6 Å². The van der Waals surface area contributed by atoms with Gasteiger partial charge < -0.3 is 10.6 Å². The summed E-state index contributed by atoms with van der Waals surface area (Å²) < 4.78 is 1.89. The molecule has 100 valence electrons. The van der Waals surface area contributed by atoms with Crippen LogP contribution in [0.1, 0.15) is 29.4 Å². The summed E-state index contributed by atoms with van der Waals surface area (Å²) in [6.45, 7) is 5.08. The highest BCUT2D eigenvalue weighted by Gasteiger charge is 2.27. The largest absolute Gasteiger partial charge is 0.351 e. The van der Waals surface area contributed by atoms with E-state index < -0.39 is 0 Å². The molecule has 0 spiro atoms. The minimum absolute atomic E-state index is 0.0196. The lowest BCUT2D eigenvalue weighted by atomic mass is 9.81. The molecule has 0 aromatic carbocycles. The maximum absolute atomic E-state index is 12.0. The van der Waals surface area contributed by atoms with Crippen LogP contribution in [0.5, 0.6) is 0 Å². The summed E-state index contributed by atoms with van der Waals surface area (Å²) in [7, 11) is 0. The second-order valence-electron chi connectivity index (χ2n) is 4.98. The van der Waals surface area contributed by atoms with Crippen molar-refractivity contribution in [1.29, 1.82) is 0 Å². The third-order valence-corrected chi connectivity index (χ3v) is 6.61. The van der Waals surface area contributed by atoms with E-state index in [0.717, 1.165) is 45.6 Å². The van der Waals surface area contributed by atoms with Gasteiger partial charge in [-0.3, -0.25) is 4.79 Å². The van der Waals surface area contributed by atoms with Crippen LogP contribution >= 0.6 is 43.2 Å². The van der Waals surface area contributed by atoms with Crippen LogP contribution in [0, 0.1) is 5.41 Å². The van der Waals surface area contributed by atoms with E-state index in [1.165, 1.54) is 11.3 Å². The molecule has 1 aliphatic rings.